The van der Waals surface area contributed by atoms with Crippen molar-refractivity contribution in [3.63, 3.8) is 0 Å². The molecule has 0 saturated heterocycles. The highest BCUT2D eigenvalue weighted by atomic mass is 16.6. The molecule has 22 heavy (non-hydrogen) atoms. The van der Waals surface area contributed by atoms with Gasteiger partial charge in [0.1, 0.15) is 5.60 Å². The van der Waals surface area contributed by atoms with Crippen molar-refractivity contribution in [3.8, 4) is 0 Å². The van der Waals surface area contributed by atoms with Gasteiger partial charge < -0.3 is 20.1 Å². The van der Waals surface area contributed by atoms with Crippen LogP contribution in [0.4, 0.5) is 4.79 Å². The molecule has 0 aliphatic heterocycles. The fraction of sp³-hybridized carbons (Fsp3) is 0.941. The van der Waals surface area contributed by atoms with E-state index in [1.807, 2.05) is 20.8 Å². The van der Waals surface area contributed by atoms with E-state index in [1.165, 1.54) is 0 Å². The van der Waals surface area contributed by atoms with Gasteiger partial charge in [-0.2, -0.15) is 0 Å². The van der Waals surface area contributed by atoms with E-state index in [4.69, 9.17) is 9.47 Å². The summed E-state index contributed by atoms with van der Waals surface area (Å²) in [7, 11) is 1.80. The lowest BCUT2D eigenvalue weighted by Gasteiger charge is -2.33. The Morgan fingerprint density at radius 1 is 1.00 bits per heavy atom. The molecular formula is C17H32N2O3. The van der Waals surface area contributed by atoms with Gasteiger partial charge in [-0.25, -0.2) is 4.79 Å². The Morgan fingerprint density at radius 3 is 2.23 bits per heavy atom. The van der Waals surface area contributed by atoms with Gasteiger partial charge in [0.25, 0.3) is 0 Å². The lowest BCUT2D eigenvalue weighted by atomic mass is 9.92. The molecule has 0 aromatic rings. The quantitative estimate of drug-likeness (QED) is 0.838. The van der Waals surface area contributed by atoms with Crippen molar-refractivity contribution in [1.29, 1.82) is 0 Å². The minimum Gasteiger partial charge on any atom is -0.444 e. The molecule has 2 atom stereocenters. The molecule has 2 saturated carbocycles. The fourth-order valence-corrected chi connectivity index (χ4v) is 3.56. The summed E-state index contributed by atoms with van der Waals surface area (Å²) in [6.07, 6.45) is 8.03. The molecule has 0 radical (unpaired) electrons. The summed E-state index contributed by atoms with van der Waals surface area (Å²) in [6.45, 7) is 5.68. The number of carbonyl (C=O) groups is 1. The summed E-state index contributed by atoms with van der Waals surface area (Å²) >= 11 is 0. The van der Waals surface area contributed by atoms with Gasteiger partial charge in [0.05, 0.1) is 6.10 Å². The van der Waals surface area contributed by atoms with Gasteiger partial charge in [-0.15, -0.1) is 0 Å². The van der Waals surface area contributed by atoms with E-state index < -0.39 is 5.60 Å². The number of nitrogens with one attached hydrogen (secondary N) is 2. The van der Waals surface area contributed by atoms with E-state index in [2.05, 4.69) is 10.6 Å². The first-order valence-electron chi connectivity index (χ1n) is 8.66. The van der Waals surface area contributed by atoms with Gasteiger partial charge >= 0.3 is 6.09 Å². The number of amides is 1. The third-order valence-electron chi connectivity index (χ3n) is 4.68. The Morgan fingerprint density at radius 2 is 1.64 bits per heavy atom. The van der Waals surface area contributed by atoms with Crippen LogP contribution in [0.15, 0.2) is 0 Å². The molecule has 2 fully saturated rings. The number of rotatable bonds is 4. The summed E-state index contributed by atoms with van der Waals surface area (Å²) in [5.41, 5.74) is -0.440. The second-order valence-electron chi connectivity index (χ2n) is 7.67. The number of hydrogen-bond donors (Lipinski definition) is 2. The van der Waals surface area contributed by atoms with Crippen LogP contribution in [0.25, 0.3) is 0 Å². The van der Waals surface area contributed by atoms with E-state index in [9.17, 15) is 4.79 Å². The van der Waals surface area contributed by atoms with Crippen LogP contribution in [0.2, 0.25) is 0 Å². The summed E-state index contributed by atoms with van der Waals surface area (Å²) in [5, 5.41) is 6.80. The highest BCUT2D eigenvalue weighted by molar-refractivity contribution is 5.68. The average Bonchev–Trinajstić information content (AvgIpc) is 2.84. The third-order valence-corrected chi connectivity index (χ3v) is 4.68. The largest absolute Gasteiger partial charge is 0.444 e. The maximum atomic E-state index is 12.0. The van der Waals surface area contributed by atoms with Crippen LogP contribution in [0.1, 0.15) is 65.7 Å². The van der Waals surface area contributed by atoms with Crippen LogP contribution >= 0.6 is 0 Å². The molecule has 5 nitrogen and oxygen atoms in total. The van der Waals surface area contributed by atoms with Crippen molar-refractivity contribution in [2.45, 2.75) is 95.5 Å². The molecule has 2 aliphatic carbocycles. The SMILES string of the molecule is COC1CCC(NC2CCCC2NC(=O)OC(C)(C)C)CC1. The zero-order valence-electron chi connectivity index (χ0n) is 14.5. The normalized spacial score (nSPS) is 32.7. The number of ether oxygens (including phenoxy) is 2. The van der Waals surface area contributed by atoms with Gasteiger partial charge in [0.15, 0.2) is 0 Å². The smallest absolute Gasteiger partial charge is 0.407 e. The molecule has 2 rings (SSSR count). The zero-order chi connectivity index (χ0) is 16.2. The van der Waals surface area contributed by atoms with Crippen LogP contribution in [-0.4, -0.2) is 43.0 Å². The number of hydrogen-bond acceptors (Lipinski definition) is 4. The van der Waals surface area contributed by atoms with Crippen LogP contribution in [-0.2, 0) is 9.47 Å². The predicted molar refractivity (Wildman–Crippen MR) is 87.0 cm³/mol. The van der Waals surface area contributed by atoms with Crippen LogP contribution < -0.4 is 10.6 Å². The summed E-state index contributed by atoms with van der Waals surface area (Å²) < 4.78 is 10.8. The molecule has 1 amide bonds. The van der Waals surface area contributed by atoms with E-state index in [0.717, 1.165) is 44.9 Å². The highest BCUT2D eigenvalue weighted by Crippen LogP contribution is 2.25. The van der Waals surface area contributed by atoms with E-state index >= 15 is 0 Å². The Bertz CT molecular complexity index is 359. The third kappa shape index (κ3) is 5.43. The summed E-state index contributed by atoms with van der Waals surface area (Å²) in [5.74, 6) is 0. The first kappa shape index (κ1) is 17.5. The van der Waals surface area contributed by atoms with Gasteiger partial charge in [-0.1, -0.05) is 0 Å². The molecule has 128 valence electrons. The van der Waals surface area contributed by atoms with E-state index in [-0.39, 0.29) is 12.1 Å². The van der Waals surface area contributed by atoms with Crippen molar-refractivity contribution in [1.82, 2.24) is 10.6 Å². The summed E-state index contributed by atoms with van der Waals surface area (Å²) in [6, 6.07) is 1.11. The average molecular weight is 312 g/mol. The second kappa shape index (κ2) is 7.64. The molecule has 2 unspecified atom stereocenters. The van der Waals surface area contributed by atoms with Crippen LogP contribution in [0.3, 0.4) is 0 Å². The van der Waals surface area contributed by atoms with Crippen molar-refractivity contribution in [3.05, 3.63) is 0 Å². The van der Waals surface area contributed by atoms with Crippen LogP contribution in [0, 0.1) is 0 Å². The molecule has 2 N–H and O–H groups in total. The Labute approximate surface area is 134 Å². The van der Waals surface area contributed by atoms with Crippen LogP contribution in [0.5, 0.6) is 0 Å². The van der Waals surface area contributed by atoms with Crippen molar-refractivity contribution < 1.29 is 14.3 Å². The van der Waals surface area contributed by atoms with Gasteiger partial charge in [0.2, 0.25) is 0 Å². The maximum Gasteiger partial charge on any atom is 0.407 e. The van der Waals surface area contributed by atoms with Crippen molar-refractivity contribution in [2.75, 3.05) is 7.11 Å². The lowest BCUT2D eigenvalue weighted by molar-refractivity contribution is 0.0487. The second-order valence-corrected chi connectivity index (χ2v) is 7.67. The topological polar surface area (TPSA) is 59.6 Å². The monoisotopic (exact) mass is 312 g/mol. The molecule has 5 heteroatoms. The predicted octanol–water partition coefficient (Wildman–Crippen LogP) is 2.98. The van der Waals surface area contributed by atoms with Crippen molar-refractivity contribution in [2.24, 2.45) is 0 Å². The van der Waals surface area contributed by atoms with Gasteiger partial charge in [-0.3, -0.25) is 0 Å². The molecule has 0 heterocycles. The van der Waals surface area contributed by atoms with E-state index in [1.54, 1.807) is 7.11 Å². The molecule has 0 spiro atoms. The first-order valence-corrected chi connectivity index (χ1v) is 8.66. The maximum absolute atomic E-state index is 12.0. The zero-order valence-corrected chi connectivity index (χ0v) is 14.5. The van der Waals surface area contributed by atoms with Gasteiger partial charge in [-0.05, 0) is 65.7 Å². The molecule has 2 aliphatic rings. The number of carbonyl (C=O) groups excluding carboxylic acids is 1. The van der Waals surface area contributed by atoms with Crippen molar-refractivity contribution >= 4 is 6.09 Å². The Balaban J connectivity index is 1.77. The molecule has 0 bridgehead atoms. The van der Waals surface area contributed by atoms with Gasteiger partial charge in [0, 0.05) is 25.2 Å². The number of methoxy groups -OCH3 is 1. The molecule has 0 aromatic carbocycles. The number of alkyl carbamates (subject to hydrolysis) is 1. The first-order chi connectivity index (χ1) is 10.4. The Hall–Kier alpha value is -0.810. The highest BCUT2D eigenvalue weighted by Gasteiger charge is 2.32. The van der Waals surface area contributed by atoms with E-state index in [0.29, 0.717) is 18.2 Å². The fourth-order valence-electron chi connectivity index (χ4n) is 3.56. The molecular weight excluding hydrogens is 280 g/mol. The lowest BCUT2D eigenvalue weighted by Crippen LogP contribution is -2.51. The Kier molecular flexibility index (Phi) is 6.09. The minimum absolute atomic E-state index is 0.190. The summed E-state index contributed by atoms with van der Waals surface area (Å²) in [4.78, 5) is 12.0. The minimum atomic E-state index is -0.440. The standard InChI is InChI=1S/C17H32N2O3/c1-17(2,3)22-16(20)19-15-7-5-6-14(15)18-12-8-10-13(21-4)11-9-12/h12-15,18H,5-11H2,1-4H3,(H,19,20). The molecule has 0 aromatic heterocycles.